The molecule has 0 aliphatic carbocycles. The Kier molecular flexibility index (Phi) is 4.46. The van der Waals surface area contributed by atoms with Crippen molar-refractivity contribution in [2.24, 2.45) is 0 Å². The molecule has 0 fully saturated rings. The summed E-state index contributed by atoms with van der Waals surface area (Å²) >= 11 is 0. The largest absolute Gasteiger partial charge is 0.491 e. The van der Waals surface area contributed by atoms with Gasteiger partial charge < -0.3 is 14.4 Å². The lowest BCUT2D eigenvalue weighted by molar-refractivity contribution is -0.138. The molecule has 5 nitrogen and oxygen atoms in total. The summed E-state index contributed by atoms with van der Waals surface area (Å²) < 4.78 is 11.4. The molecule has 1 aliphatic heterocycles. The molecule has 1 aromatic heterocycles. The van der Waals surface area contributed by atoms with E-state index in [1.54, 1.807) is 36.4 Å². The van der Waals surface area contributed by atoms with Gasteiger partial charge in [-0.2, -0.15) is 0 Å². The number of hydrogen-bond donors (Lipinski definition) is 0. The van der Waals surface area contributed by atoms with E-state index >= 15 is 0 Å². The predicted molar refractivity (Wildman–Crippen MR) is 86.4 cm³/mol. The molecule has 0 radical (unpaired) electrons. The fraction of sp³-hybridized carbons (Fsp3) is 0.333. The summed E-state index contributed by atoms with van der Waals surface area (Å²) in [6.07, 6.45) is 2.71. The summed E-state index contributed by atoms with van der Waals surface area (Å²) in [5.74, 6) is 1.40. The maximum atomic E-state index is 12.7. The zero-order valence-electron chi connectivity index (χ0n) is 13.4. The van der Waals surface area contributed by atoms with Crippen LogP contribution in [-0.4, -0.2) is 35.0 Å². The summed E-state index contributed by atoms with van der Waals surface area (Å²) in [5, 5.41) is 0. The summed E-state index contributed by atoms with van der Waals surface area (Å²) in [7, 11) is 0. The average molecular weight is 312 g/mol. The highest BCUT2D eigenvalue weighted by Gasteiger charge is 2.25. The van der Waals surface area contributed by atoms with Crippen molar-refractivity contribution in [2.45, 2.75) is 26.5 Å². The molecule has 5 heteroatoms. The molecule has 1 amide bonds. The van der Waals surface area contributed by atoms with E-state index in [4.69, 9.17) is 9.47 Å². The van der Waals surface area contributed by atoms with Crippen molar-refractivity contribution in [2.75, 3.05) is 13.2 Å². The first-order valence-electron chi connectivity index (χ1n) is 7.71. The van der Waals surface area contributed by atoms with Crippen LogP contribution in [0.2, 0.25) is 0 Å². The minimum Gasteiger partial charge on any atom is -0.491 e. The highest BCUT2D eigenvalue weighted by atomic mass is 16.5. The Balaban J connectivity index is 1.72. The number of benzene rings is 1. The van der Waals surface area contributed by atoms with Gasteiger partial charge in [-0.1, -0.05) is 17.7 Å². The molecule has 120 valence electrons. The molecule has 1 atom stereocenters. The van der Waals surface area contributed by atoms with E-state index in [1.807, 2.05) is 19.1 Å². The molecule has 2 heterocycles. The molecule has 3 rings (SSSR count). The number of ether oxygens (including phenoxy) is 2. The van der Waals surface area contributed by atoms with Crippen molar-refractivity contribution in [3.63, 3.8) is 0 Å². The van der Waals surface area contributed by atoms with Crippen LogP contribution < -0.4 is 9.47 Å². The second kappa shape index (κ2) is 6.69. The zero-order valence-corrected chi connectivity index (χ0v) is 13.4. The van der Waals surface area contributed by atoms with Crippen LogP contribution in [0.15, 0.2) is 42.7 Å². The van der Waals surface area contributed by atoms with Crippen LogP contribution in [0, 0.1) is 6.92 Å². The van der Waals surface area contributed by atoms with Crippen molar-refractivity contribution < 1.29 is 14.3 Å². The lowest BCUT2D eigenvalue weighted by Gasteiger charge is -2.24. The molecule has 0 saturated carbocycles. The standard InChI is InChI=1S/C18H20N2O3/c1-13-5-6-17-15(10-13)12-20(8-9-22-17)18(21)14(2)23-16-4-3-7-19-11-16/h3-7,10-11,14H,8-9,12H2,1-2H3. The Labute approximate surface area is 135 Å². The van der Waals surface area contributed by atoms with Crippen LogP contribution >= 0.6 is 0 Å². The van der Waals surface area contributed by atoms with Crippen molar-refractivity contribution in [1.82, 2.24) is 9.88 Å². The lowest BCUT2D eigenvalue weighted by atomic mass is 10.1. The minimum atomic E-state index is -0.564. The third-order valence-electron chi connectivity index (χ3n) is 3.80. The molecular weight excluding hydrogens is 292 g/mol. The first-order chi connectivity index (χ1) is 11.1. The lowest BCUT2D eigenvalue weighted by Crippen LogP contribution is -2.41. The van der Waals surface area contributed by atoms with Crippen LogP contribution in [0.4, 0.5) is 0 Å². The van der Waals surface area contributed by atoms with E-state index in [1.165, 1.54) is 0 Å². The summed E-state index contributed by atoms with van der Waals surface area (Å²) in [4.78, 5) is 18.5. The molecule has 1 unspecified atom stereocenters. The Hall–Kier alpha value is -2.56. The molecule has 1 aromatic carbocycles. The average Bonchev–Trinajstić information content (AvgIpc) is 2.76. The minimum absolute atomic E-state index is 0.0493. The van der Waals surface area contributed by atoms with Crippen LogP contribution in [0.1, 0.15) is 18.1 Å². The van der Waals surface area contributed by atoms with Crippen LogP contribution in [0.5, 0.6) is 11.5 Å². The van der Waals surface area contributed by atoms with Gasteiger partial charge in [0.2, 0.25) is 0 Å². The SMILES string of the molecule is Cc1ccc2c(c1)CN(C(=O)C(C)Oc1cccnc1)CCO2. The van der Waals surface area contributed by atoms with Gasteiger partial charge in [-0.3, -0.25) is 9.78 Å². The third-order valence-corrected chi connectivity index (χ3v) is 3.80. The van der Waals surface area contributed by atoms with Crippen LogP contribution in [-0.2, 0) is 11.3 Å². The number of aryl methyl sites for hydroxylation is 1. The monoisotopic (exact) mass is 312 g/mol. The second-order valence-electron chi connectivity index (χ2n) is 5.67. The van der Waals surface area contributed by atoms with E-state index in [0.29, 0.717) is 25.4 Å². The molecule has 1 aliphatic rings. The molecule has 23 heavy (non-hydrogen) atoms. The Morgan fingerprint density at radius 2 is 2.26 bits per heavy atom. The number of carbonyl (C=O) groups is 1. The number of rotatable bonds is 3. The Morgan fingerprint density at radius 3 is 3.04 bits per heavy atom. The number of amides is 1. The highest BCUT2D eigenvalue weighted by molar-refractivity contribution is 5.81. The fourth-order valence-corrected chi connectivity index (χ4v) is 2.64. The van der Waals surface area contributed by atoms with E-state index in [9.17, 15) is 4.79 Å². The first kappa shape index (κ1) is 15.3. The topological polar surface area (TPSA) is 51.7 Å². The number of nitrogens with zero attached hydrogens (tertiary/aromatic N) is 2. The number of aromatic nitrogens is 1. The van der Waals surface area contributed by atoms with Crippen molar-refractivity contribution >= 4 is 5.91 Å². The third kappa shape index (κ3) is 3.62. The first-order valence-corrected chi connectivity index (χ1v) is 7.71. The van der Waals surface area contributed by atoms with E-state index in [0.717, 1.165) is 16.9 Å². The summed E-state index contributed by atoms with van der Waals surface area (Å²) in [5.41, 5.74) is 2.19. The van der Waals surface area contributed by atoms with E-state index in [-0.39, 0.29) is 5.91 Å². The van der Waals surface area contributed by atoms with Gasteiger partial charge in [0.1, 0.15) is 18.1 Å². The van der Waals surface area contributed by atoms with Crippen molar-refractivity contribution in [1.29, 1.82) is 0 Å². The van der Waals surface area contributed by atoms with Gasteiger partial charge in [-0.15, -0.1) is 0 Å². The van der Waals surface area contributed by atoms with Gasteiger partial charge in [0.05, 0.1) is 12.7 Å². The smallest absolute Gasteiger partial charge is 0.263 e. The molecular formula is C18H20N2O3. The number of pyridine rings is 1. The number of carbonyl (C=O) groups excluding carboxylic acids is 1. The quantitative estimate of drug-likeness (QED) is 0.874. The number of hydrogen-bond acceptors (Lipinski definition) is 4. The van der Waals surface area contributed by atoms with Gasteiger partial charge >= 0.3 is 0 Å². The highest BCUT2D eigenvalue weighted by Crippen LogP contribution is 2.24. The van der Waals surface area contributed by atoms with E-state index < -0.39 is 6.10 Å². The Morgan fingerprint density at radius 1 is 1.39 bits per heavy atom. The molecule has 2 aromatic rings. The van der Waals surface area contributed by atoms with Gasteiger partial charge in [0.25, 0.3) is 5.91 Å². The van der Waals surface area contributed by atoms with Gasteiger partial charge in [0, 0.05) is 18.3 Å². The van der Waals surface area contributed by atoms with Crippen molar-refractivity contribution in [3.05, 3.63) is 53.9 Å². The van der Waals surface area contributed by atoms with Gasteiger partial charge in [-0.25, -0.2) is 0 Å². The van der Waals surface area contributed by atoms with Crippen LogP contribution in [0.25, 0.3) is 0 Å². The second-order valence-corrected chi connectivity index (χ2v) is 5.67. The van der Waals surface area contributed by atoms with Crippen LogP contribution in [0.3, 0.4) is 0 Å². The molecule has 0 saturated heterocycles. The molecule has 0 spiro atoms. The Bertz CT molecular complexity index is 688. The summed E-state index contributed by atoms with van der Waals surface area (Å²) in [6, 6.07) is 9.62. The van der Waals surface area contributed by atoms with E-state index in [2.05, 4.69) is 11.1 Å². The normalized spacial score (nSPS) is 15.1. The van der Waals surface area contributed by atoms with Gasteiger partial charge in [0.15, 0.2) is 6.10 Å². The maximum Gasteiger partial charge on any atom is 0.263 e. The zero-order chi connectivity index (χ0) is 16.2. The molecule has 0 bridgehead atoms. The summed E-state index contributed by atoms with van der Waals surface area (Å²) in [6.45, 7) is 5.37. The predicted octanol–water partition coefficient (Wildman–Crippen LogP) is 2.58. The maximum absolute atomic E-state index is 12.7. The van der Waals surface area contributed by atoms with Crippen molar-refractivity contribution in [3.8, 4) is 11.5 Å². The number of fused-ring (bicyclic) bond motifs is 1. The van der Waals surface area contributed by atoms with Gasteiger partial charge in [-0.05, 0) is 32.0 Å². The molecule has 0 N–H and O–H groups in total. The fourth-order valence-electron chi connectivity index (χ4n) is 2.64.